The molecule has 10 rings (SSSR count). The lowest BCUT2D eigenvalue weighted by molar-refractivity contribution is 0.667. The third-order valence-electron chi connectivity index (χ3n) is 9.58. The minimum Gasteiger partial charge on any atom is -0.456 e. The van der Waals surface area contributed by atoms with Gasteiger partial charge >= 0.3 is 0 Å². The van der Waals surface area contributed by atoms with Gasteiger partial charge in [-0.1, -0.05) is 133 Å². The summed E-state index contributed by atoms with van der Waals surface area (Å²) in [6.07, 6.45) is -0.563. The second kappa shape index (κ2) is 11.5. The van der Waals surface area contributed by atoms with Gasteiger partial charge in [-0.3, -0.25) is 0 Å². The van der Waals surface area contributed by atoms with Gasteiger partial charge in [-0.25, -0.2) is 9.98 Å². The number of benzene rings is 7. The molecule has 1 aliphatic heterocycles. The van der Waals surface area contributed by atoms with Crippen LogP contribution in [-0.2, 0) is 0 Å². The average molecular weight is 644 g/mol. The first-order valence-corrected chi connectivity index (χ1v) is 16.8. The maximum Gasteiger partial charge on any atom is 0.171 e. The molecule has 50 heavy (non-hydrogen) atoms. The van der Waals surface area contributed by atoms with Crippen LogP contribution in [0, 0.1) is 0 Å². The molecule has 1 unspecified atom stereocenters. The van der Waals surface area contributed by atoms with Crippen LogP contribution in [0.4, 0.5) is 0 Å². The highest BCUT2D eigenvalue weighted by atomic mass is 16.3. The Morgan fingerprint density at radius 2 is 0.900 bits per heavy atom. The molecule has 0 bridgehead atoms. The molecule has 1 N–H and O–H groups in total. The number of amidine groups is 2. The van der Waals surface area contributed by atoms with Crippen molar-refractivity contribution >= 4 is 55.5 Å². The molecule has 0 amide bonds. The van der Waals surface area contributed by atoms with E-state index >= 15 is 0 Å². The number of hydrogen-bond acceptors (Lipinski definition) is 5. The predicted molar refractivity (Wildman–Crippen MR) is 204 cm³/mol. The summed E-state index contributed by atoms with van der Waals surface area (Å²) < 4.78 is 12.6. The third-order valence-corrected chi connectivity index (χ3v) is 9.58. The second-order valence-corrected chi connectivity index (χ2v) is 12.6. The standard InChI is InChI=1S/C45H29N3O2/c1-3-11-28(12-4-1)29-19-21-31(22-20-29)44-46-43(30-13-5-2-6-14-30)47-45(48-44)42-33(24-26-40-41(42)35-16-8-10-18-38(35)50-40)32-23-25-39-36(27-32)34-15-7-9-17-37(34)49-39/h1-27,45H,(H,46,47,48). The van der Waals surface area contributed by atoms with Gasteiger partial charge < -0.3 is 14.2 Å². The number of hydrogen-bond donors (Lipinski definition) is 1. The highest BCUT2D eigenvalue weighted by Gasteiger charge is 2.27. The Bertz CT molecular complexity index is 2770. The molecule has 236 valence electrons. The minimum absolute atomic E-state index is 0.563. The Hall–Kier alpha value is -6.72. The quantitative estimate of drug-likeness (QED) is 0.203. The lowest BCUT2D eigenvalue weighted by Crippen LogP contribution is -2.36. The molecule has 0 saturated heterocycles. The summed E-state index contributed by atoms with van der Waals surface area (Å²) in [5.41, 5.74) is 10.8. The van der Waals surface area contributed by atoms with Crippen LogP contribution in [0.2, 0.25) is 0 Å². The van der Waals surface area contributed by atoms with E-state index in [0.29, 0.717) is 0 Å². The van der Waals surface area contributed by atoms with Gasteiger partial charge in [-0.05, 0) is 52.6 Å². The Labute approximate surface area is 287 Å². The molecular formula is C45H29N3O2. The first kappa shape index (κ1) is 28.3. The van der Waals surface area contributed by atoms with Crippen molar-refractivity contribution in [3.8, 4) is 22.3 Å². The summed E-state index contributed by atoms with van der Waals surface area (Å²) in [5.74, 6) is 1.52. The van der Waals surface area contributed by atoms with E-state index in [1.807, 2.05) is 48.5 Å². The summed E-state index contributed by atoms with van der Waals surface area (Å²) in [5, 5.41) is 7.80. The predicted octanol–water partition coefficient (Wildman–Crippen LogP) is 11.3. The van der Waals surface area contributed by atoms with Gasteiger partial charge in [0.2, 0.25) is 0 Å². The number of fused-ring (bicyclic) bond motifs is 6. The topological polar surface area (TPSA) is 63.0 Å². The Morgan fingerprint density at radius 3 is 1.64 bits per heavy atom. The number of para-hydroxylation sites is 2. The van der Waals surface area contributed by atoms with Crippen molar-refractivity contribution in [1.29, 1.82) is 0 Å². The SMILES string of the molecule is c1ccc(C2=NC(c3c(-c4ccc5oc6ccccc6c5c4)ccc4oc5ccccc5c34)N=C(c3ccc(-c4ccccc4)cc3)N2)cc1. The van der Waals surface area contributed by atoms with Crippen LogP contribution in [0.3, 0.4) is 0 Å². The summed E-state index contributed by atoms with van der Waals surface area (Å²) in [6, 6.07) is 56.3. The van der Waals surface area contributed by atoms with E-state index in [2.05, 4.69) is 121 Å². The molecule has 7 aromatic carbocycles. The number of nitrogens with one attached hydrogen (secondary N) is 1. The first-order valence-electron chi connectivity index (χ1n) is 16.8. The molecule has 3 heterocycles. The van der Waals surface area contributed by atoms with Crippen molar-refractivity contribution in [3.63, 3.8) is 0 Å². The van der Waals surface area contributed by atoms with E-state index in [4.69, 9.17) is 18.8 Å². The van der Waals surface area contributed by atoms with Crippen LogP contribution in [0.15, 0.2) is 183 Å². The van der Waals surface area contributed by atoms with E-state index in [0.717, 1.165) is 88.9 Å². The van der Waals surface area contributed by atoms with Crippen molar-refractivity contribution in [2.75, 3.05) is 0 Å². The summed E-state index contributed by atoms with van der Waals surface area (Å²) in [7, 11) is 0. The van der Waals surface area contributed by atoms with E-state index in [9.17, 15) is 0 Å². The van der Waals surface area contributed by atoms with Crippen LogP contribution in [0.1, 0.15) is 22.9 Å². The molecule has 1 atom stereocenters. The lowest BCUT2D eigenvalue weighted by Gasteiger charge is -2.24. The Morgan fingerprint density at radius 1 is 0.400 bits per heavy atom. The van der Waals surface area contributed by atoms with E-state index in [1.165, 1.54) is 5.56 Å². The minimum atomic E-state index is -0.563. The number of nitrogens with zero attached hydrogens (tertiary/aromatic N) is 2. The molecule has 0 radical (unpaired) electrons. The maximum atomic E-state index is 6.44. The molecule has 0 fully saturated rings. The van der Waals surface area contributed by atoms with E-state index in [-0.39, 0.29) is 0 Å². The number of rotatable bonds is 5. The van der Waals surface area contributed by atoms with Gasteiger partial charge in [0.05, 0.1) is 0 Å². The number of aliphatic imine (C=N–C) groups is 2. The van der Waals surface area contributed by atoms with Gasteiger partial charge in [0.15, 0.2) is 6.17 Å². The highest BCUT2D eigenvalue weighted by Crippen LogP contribution is 2.43. The average Bonchev–Trinajstić information content (AvgIpc) is 3.76. The monoisotopic (exact) mass is 643 g/mol. The first-order chi connectivity index (χ1) is 24.8. The Kier molecular flexibility index (Phi) is 6.49. The fraction of sp³-hybridized carbons (Fsp3) is 0.0222. The van der Waals surface area contributed by atoms with Crippen LogP contribution in [0.5, 0.6) is 0 Å². The van der Waals surface area contributed by atoms with Crippen molar-refractivity contribution in [2.45, 2.75) is 6.17 Å². The molecule has 5 nitrogen and oxygen atoms in total. The van der Waals surface area contributed by atoms with Crippen molar-refractivity contribution in [3.05, 3.63) is 180 Å². The molecule has 9 aromatic rings. The van der Waals surface area contributed by atoms with Crippen molar-refractivity contribution < 1.29 is 8.83 Å². The zero-order chi connectivity index (χ0) is 33.0. The van der Waals surface area contributed by atoms with E-state index in [1.54, 1.807) is 0 Å². The lowest BCUT2D eigenvalue weighted by atomic mass is 9.92. The summed E-state index contributed by atoms with van der Waals surface area (Å²) >= 11 is 0. The maximum absolute atomic E-state index is 6.44. The largest absolute Gasteiger partial charge is 0.456 e. The number of furan rings is 2. The molecule has 0 aliphatic carbocycles. The molecule has 5 heteroatoms. The second-order valence-electron chi connectivity index (χ2n) is 12.6. The summed E-state index contributed by atoms with van der Waals surface area (Å²) in [4.78, 5) is 10.7. The normalized spacial score (nSPS) is 14.6. The smallest absolute Gasteiger partial charge is 0.171 e. The Balaban J connectivity index is 1.21. The molecule has 0 saturated carbocycles. The van der Waals surface area contributed by atoms with Crippen LogP contribution < -0.4 is 5.32 Å². The van der Waals surface area contributed by atoms with Crippen LogP contribution in [0.25, 0.3) is 66.1 Å². The summed E-state index contributed by atoms with van der Waals surface area (Å²) in [6.45, 7) is 0. The van der Waals surface area contributed by atoms with Crippen molar-refractivity contribution in [1.82, 2.24) is 5.32 Å². The van der Waals surface area contributed by atoms with Gasteiger partial charge in [-0.15, -0.1) is 0 Å². The highest BCUT2D eigenvalue weighted by molar-refractivity contribution is 6.17. The van der Waals surface area contributed by atoms with Crippen molar-refractivity contribution in [2.24, 2.45) is 9.98 Å². The molecule has 0 spiro atoms. The fourth-order valence-corrected chi connectivity index (χ4v) is 7.18. The van der Waals surface area contributed by atoms with Gasteiger partial charge in [0.25, 0.3) is 0 Å². The van der Waals surface area contributed by atoms with Gasteiger partial charge in [0.1, 0.15) is 34.0 Å². The zero-order valence-corrected chi connectivity index (χ0v) is 26.9. The fourth-order valence-electron chi connectivity index (χ4n) is 7.18. The molecule has 2 aromatic heterocycles. The van der Waals surface area contributed by atoms with Gasteiger partial charge in [0, 0.05) is 38.2 Å². The van der Waals surface area contributed by atoms with Crippen LogP contribution >= 0.6 is 0 Å². The zero-order valence-electron chi connectivity index (χ0n) is 26.9. The molecule has 1 aliphatic rings. The van der Waals surface area contributed by atoms with Gasteiger partial charge in [-0.2, -0.15) is 0 Å². The van der Waals surface area contributed by atoms with E-state index < -0.39 is 6.17 Å². The third kappa shape index (κ3) is 4.71. The molecular weight excluding hydrogens is 615 g/mol. The van der Waals surface area contributed by atoms with Crippen LogP contribution in [-0.4, -0.2) is 11.7 Å².